The average Bonchev–Trinajstić information content (AvgIpc) is 3.12. The van der Waals surface area contributed by atoms with E-state index in [1.807, 2.05) is 0 Å². The van der Waals surface area contributed by atoms with Crippen molar-refractivity contribution in [3.63, 3.8) is 0 Å². The summed E-state index contributed by atoms with van der Waals surface area (Å²) in [5, 5.41) is 0. The molecule has 0 amide bonds. The Labute approximate surface area is 128 Å². The van der Waals surface area contributed by atoms with Gasteiger partial charge in [-0.3, -0.25) is 4.72 Å². The Morgan fingerprint density at radius 2 is 1.95 bits per heavy atom. The Morgan fingerprint density at radius 1 is 1.29 bits per heavy atom. The van der Waals surface area contributed by atoms with Crippen molar-refractivity contribution in [1.82, 2.24) is 0 Å². The maximum Gasteiger partial charge on any atom is 0.265 e. The molecule has 1 N–H and O–H groups in total. The van der Waals surface area contributed by atoms with E-state index in [2.05, 4.69) is 4.72 Å². The van der Waals surface area contributed by atoms with Crippen molar-refractivity contribution in [3.05, 3.63) is 18.2 Å². The van der Waals surface area contributed by atoms with Crippen LogP contribution in [0.2, 0.25) is 0 Å². The Hall–Kier alpha value is -0.990. The van der Waals surface area contributed by atoms with Gasteiger partial charge < -0.3 is 4.74 Å². The molecule has 0 aromatic heterocycles. The molecule has 0 atom stereocenters. The predicted octanol–water partition coefficient (Wildman–Crippen LogP) is 2.16. The molecule has 0 radical (unpaired) electrons. The van der Waals surface area contributed by atoms with Gasteiger partial charge in [0.1, 0.15) is 10.6 Å². The van der Waals surface area contributed by atoms with Gasteiger partial charge in [0.25, 0.3) is 9.05 Å². The van der Waals surface area contributed by atoms with Crippen LogP contribution in [0.15, 0.2) is 23.1 Å². The zero-order chi connectivity index (χ0) is 15.7. The summed E-state index contributed by atoms with van der Waals surface area (Å²) < 4.78 is 54.4. The first-order chi connectivity index (χ1) is 9.71. The first-order valence-corrected chi connectivity index (χ1v) is 10.4. The number of halogens is 1. The lowest BCUT2D eigenvalue weighted by atomic mass is 10.3. The van der Waals surface area contributed by atoms with Crippen molar-refractivity contribution in [1.29, 1.82) is 0 Å². The van der Waals surface area contributed by atoms with Gasteiger partial charge in [-0.25, -0.2) is 16.8 Å². The van der Waals surface area contributed by atoms with Gasteiger partial charge in [0, 0.05) is 10.7 Å². The van der Waals surface area contributed by atoms with E-state index in [0.717, 1.165) is 18.9 Å². The molecule has 21 heavy (non-hydrogen) atoms. The number of benzene rings is 1. The summed E-state index contributed by atoms with van der Waals surface area (Å²) in [4.78, 5) is -0.252. The molecule has 1 saturated carbocycles. The Bertz CT molecular complexity index is 726. The summed E-state index contributed by atoms with van der Waals surface area (Å²) in [5.41, 5.74) is 0.151. The fraction of sp³-hybridized carbons (Fsp3) is 0.500. The number of nitrogens with one attached hydrogen (secondary N) is 1. The molecule has 1 aliphatic carbocycles. The van der Waals surface area contributed by atoms with E-state index in [1.165, 1.54) is 12.1 Å². The van der Waals surface area contributed by atoms with Crippen molar-refractivity contribution >= 4 is 35.4 Å². The van der Waals surface area contributed by atoms with E-state index < -0.39 is 19.1 Å². The SMILES string of the molecule is CCOc1ccc(NS(=O)(=O)CC2CC2)cc1S(=O)(=O)Cl. The second-order valence-electron chi connectivity index (χ2n) is 4.86. The van der Waals surface area contributed by atoms with Crippen LogP contribution in [0.25, 0.3) is 0 Å². The van der Waals surface area contributed by atoms with Gasteiger partial charge in [-0.15, -0.1) is 0 Å². The molecule has 0 heterocycles. The fourth-order valence-corrected chi connectivity index (χ4v) is 4.37. The average molecular weight is 354 g/mol. The van der Waals surface area contributed by atoms with Crippen LogP contribution in [-0.2, 0) is 19.1 Å². The summed E-state index contributed by atoms with van der Waals surface area (Å²) in [7, 11) is -2.17. The highest BCUT2D eigenvalue weighted by atomic mass is 35.7. The zero-order valence-electron chi connectivity index (χ0n) is 11.4. The first-order valence-electron chi connectivity index (χ1n) is 6.43. The van der Waals surface area contributed by atoms with Crippen molar-refractivity contribution in [2.24, 2.45) is 5.92 Å². The van der Waals surface area contributed by atoms with E-state index in [1.54, 1.807) is 6.92 Å². The van der Waals surface area contributed by atoms with Gasteiger partial charge in [-0.2, -0.15) is 0 Å². The van der Waals surface area contributed by atoms with Gasteiger partial charge >= 0.3 is 0 Å². The number of anilines is 1. The summed E-state index contributed by atoms with van der Waals surface area (Å²) in [6.45, 7) is 1.98. The van der Waals surface area contributed by atoms with E-state index in [-0.39, 0.29) is 34.6 Å². The lowest BCUT2D eigenvalue weighted by Crippen LogP contribution is -2.18. The molecule has 1 fully saturated rings. The Morgan fingerprint density at radius 3 is 2.48 bits per heavy atom. The minimum absolute atomic E-state index is 0.0448. The minimum atomic E-state index is -4.03. The molecule has 9 heteroatoms. The fourth-order valence-electron chi connectivity index (χ4n) is 1.85. The summed E-state index contributed by atoms with van der Waals surface area (Å²) in [6.07, 6.45) is 1.82. The molecule has 0 spiro atoms. The van der Waals surface area contributed by atoms with Crippen LogP contribution in [0.3, 0.4) is 0 Å². The van der Waals surface area contributed by atoms with Crippen molar-refractivity contribution < 1.29 is 21.6 Å². The van der Waals surface area contributed by atoms with Gasteiger partial charge in [0.2, 0.25) is 10.0 Å². The third kappa shape index (κ3) is 4.76. The maximum absolute atomic E-state index is 11.9. The van der Waals surface area contributed by atoms with E-state index in [4.69, 9.17) is 15.4 Å². The van der Waals surface area contributed by atoms with Crippen LogP contribution in [-0.4, -0.2) is 29.2 Å². The Kier molecular flexibility index (Phi) is 4.69. The molecule has 0 unspecified atom stereocenters. The summed E-state index contributed by atoms with van der Waals surface area (Å²) in [5.74, 6) is 0.336. The molecule has 1 aliphatic rings. The third-order valence-electron chi connectivity index (χ3n) is 2.93. The topological polar surface area (TPSA) is 89.5 Å². The second-order valence-corrected chi connectivity index (χ2v) is 9.16. The van der Waals surface area contributed by atoms with Crippen molar-refractivity contribution in [2.75, 3.05) is 17.1 Å². The van der Waals surface area contributed by atoms with Crippen LogP contribution in [0.5, 0.6) is 5.75 Å². The molecule has 1 aromatic carbocycles. The van der Waals surface area contributed by atoms with Gasteiger partial charge in [-0.1, -0.05) is 0 Å². The molecular formula is C12H16ClNO5S2. The second kappa shape index (κ2) is 6.02. The number of ether oxygens (including phenoxy) is 1. The predicted molar refractivity (Wildman–Crippen MR) is 80.8 cm³/mol. The van der Waals surface area contributed by atoms with Crippen LogP contribution in [0.4, 0.5) is 5.69 Å². The largest absolute Gasteiger partial charge is 0.492 e. The normalized spacial score (nSPS) is 15.7. The molecule has 0 saturated heterocycles. The number of rotatable bonds is 7. The third-order valence-corrected chi connectivity index (χ3v) is 5.73. The van der Waals surface area contributed by atoms with Crippen LogP contribution < -0.4 is 9.46 Å². The maximum atomic E-state index is 11.9. The van der Waals surface area contributed by atoms with E-state index >= 15 is 0 Å². The monoisotopic (exact) mass is 353 g/mol. The highest BCUT2D eigenvalue weighted by molar-refractivity contribution is 8.13. The molecule has 2 rings (SSSR count). The van der Waals surface area contributed by atoms with Crippen LogP contribution in [0, 0.1) is 5.92 Å². The lowest BCUT2D eigenvalue weighted by Gasteiger charge is -2.11. The van der Waals surface area contributed by atoms with Crippen LogP contribution in [0.1, 0.15) is 19.8 Å². The van der Waals surface area contributed by atoms with Gasteiger partial charge in [-0.05, 0) is 43.9 Å². The van der Waals surface area contributed by atoms with Crippen molar-refractivity contribution in [2.45, 2.75) is 24.7 Å². The number of hydrogen-bond acceptors (Lipinski definition) is 5. The van der Waals surface area contributed by atoms with Crippen LogP contribution >= 0.6 is 10.7 Å². The van der Waals surface area contributed by atoms with E-state index in [0.29, 0.717) is 0 Å². The van der Waals surface area contributed by atoms with Gasteiger partial charge in [0.05, 0.1) is 18.0 Å². The standard InChI is InChI=1S/C12H16ClNO5S2/c1-2-19-11-6-5-10(7-12(11)21(13,17)18)14-20(15,16)8-9-3-4-9/h5-7,9,14H,2-4,8H2,1H3. The minimum Gasteiger partial charge on any atom is -0.492 e. The number of hydrogen-bond donors (Lipinski definition) is 1. The Balaban J connectivity index is 2.28. The molecule has 1 aromatic rings. The smallest absolute Gasteiger partial charge is 0.265 e. The molecule has 0 aliphatic heterocycles. The number of sulfonamides is 1. The summed E-state index contributed by atoms with van der Waals surface area (Å²) in [6, 6.07) is 3.99. The molecule has 118 valence electrons. The molecule has 0 bridgehead atoms. The molecule has 6 nitrogen and oxygen atoms in total. The van der Waals surface area contributed by atoms with Gasteiger partial charge in [0.15, 0.2) is 0 Å². The quantitative estimate of drug-likeness (QED) is 0.759. The highest BCUT2D eigenvalue weighted by Gasteiger charge is 2.28. The first kappa shape index (κ1) is 16.4. The molecular weight excluding hydrogens is 338 g/mol. The summed E-state index contributed by atoms with van der Waals surface area (Å²) >= 11 is 0. The van der Waals surface area contributed by atoms with Crippen molar-refractivity contribution in [3.8, 4) is 5.75 Å². The van der Waals surface area contributed by atoms with E-state index in [9.17, 15) is 16.8 Å². The zero-order valence-corrected chi connectivity index (χ0v) is 13.8. The lowest BCUT2D eigenvalue weighted by molar-refractivity contribution is 0.331. The highest BCUT2D eigenvalue weighted by Crippen LogP contribution is 2.32.